The molecule has 156 valence electrons. The number of allylic oxidation sites excluding steroid dienone is 1. The van der Waals surface area contributed by atoms with E-state index in [0.29, 0.717) is 42.3 Å². The van der Waals surface area contributed by atoms with Crippen molar-refractivity contribution in [3.05, 3.63) is 64.2 Å². The summed E-state index contributed by atoms with van der Waals surface area (Å²) in [6.45, 7) is 2.65. The Kier molecular flexibility index (Phi) is 4.44. The first-order valence-electron chi connectivity index (χ1n) is 9.74. The highest BCUT2D eigenvalue weighted by molar-refractivity contribution is 7.91. The summed E-state index contributed by atoms with van der Waals surface area (Å²) in [6.07, 6.45) is 2.12. The average Bonchev–Trinajstić information content (AvgIpc) is 3.22. The Morgan fingerprint density at radius 3 is 2.80 bits per heavy atom. The molecule has 1 unspecified atom stereocenters. The number of hydrogen-bond acceptors (Lipinski definition) is 6. The standard InChI is InChI=1S/C22H20FNO5S/c1-13-21-15(10-24(12-28-21)17-5-6-30(26,27)11-17)9-18-20(25)19(29-22(13)18)8-14-3-2-4-16(23)7-14/h2-4,7-9,17H,5-6,10-12H2,1H3. The molecule has 0 aliphatic carbocycles. The summed E-state index contributed by atoms with van der Waals surface area (Å²) in [7, 11) is -2.99. The topological polar surface area (TPSA) is 72.9 Å². The summed E-state index contributed by atoms with van der Waals surface area (Å²) in [4.78, 5) is 14.9. The van der Waals surface area contributed by atoms with E-state index in [4.69, 9.17) is 9.47 Å². The predicted molar refractivity (Wildman–Crippen MR) is 109 cm³/mol. The molecule has 0 amide bonds. The van der Waals surface area contributed by atoms with Gasteiger partial charge in [-0.25, -0.2) is 12.8 Å². The zero-order chi connectivity index (χ0) is 21.0. The van der Waals surface area contributed by atoms with Crippen LogP contribution in [0.5, 0.6) is 11.5 Å². The van der Waals surface area contributed by atoms with Gasteiger partial charge in [-0.15, -0.1) is 0 Å². The van der Waals surface area contributed by atoms with E-state index in [1.54, 1.807) is 18.2 Å². The van der Waals surface area contributed by atoms with E-state index >= 15 is 0 Å². The van der Waals surface area contributed by atoms with E-state index in [-0.39, 0.29) is 34.9 Å². The van der Waals surface area contributed by atoms with Gasteiger partial charge in [0.2, 0.25) is 5.78 Å². The van der Waals surface area contributed by atoms with Crippen LogP contribution in [-0.4, -0.2) is 43.4 Å². The van der Waals surface area contributed by atoms with Crippen LogP contribution in [0.1, 0.15) is 33.5 Å². The van der Waals surface area contributed by atoms with Gasteiger partial charge in [0.25, 0.3) is 0 Å². The van der Waals surface area contributed by atoms with Gasteiger partial charge < -0.3 is 9.47 Å². The summed E-state index contributed by atoms with van der Waals surface area (Å²) in [5.41, 5.74) is 2.56. The lowest BCUT2D eigenvalue weighted by Crippen LogP contribution is -2.41. The van der Waals surface area contributed by atoms with Gasteiger partial charge in [0.15, 0.2) is 15.6 Å². The van der Waals surface area contributed by atoms with Crippen molar-refractivity contribution in [1.82, 2.24) is 4.90 Å². The zero-order valence-electron chi connectivity index (χ0n) is 16.4. The monoisotopic (exact) mass is 429 g/mol. The molecule has 0 aromatic heterocycles. The lowest BCUT2D eigenvalue weighted by Gasteiger charge is -2.33. The second-order valence-corrected chi connectivity index (χ2v) is 10.2. The third kappa shape index (κ3) is 3.30. The van der Waals surface area contributed by atoms with E-state index in [1.807, 2.05) is 11.8 Å². The summed E-state index contributed by atoms with van der Waals surface area (Å²) >= 11 is 0. The molecule has 0 radical (unpaired) electrons. The number of carbonyl (C=O) groups excluding carboxylic acids is 1. The average molecular weight is 429 g/mol. The Morgan fingerprint density at radius 2 is 2.07 bits per heavy atom. The van der Waals surface area contributed by atoms with E-state index < -0.39 is 9.84 Å². The van der Waals surface area contributed by atoms with Crippen LogP contribution in [0.4, 0.5) is 4.39 Å². The van der Waals surface area contributed by atoms with Crippen molar-refractivity contribution >= 4 is 21.7 Å². The van der Waals surface area contributed by atoms with Gasteiger partial charge in [-0.1, -0.05) is 12.1 Å². The fourth-order valence-electron chi connectivity index (χ4n) is 4.31. The number of benzene rings is 2. The number of sulfone groups is 1. The number of hydrogen-bond donors (Lipinski definition) is 0. The van der Waals surface area contributed by atoms with E-state index in [2.05, 4.69) is 0 Å². The van der Waals surface area contributed by atoms with Crippen molar-refractivity contribution in [2.24, 2.45) is 0 Å². The third-order valence-corrected chi connectivity index (χ3v) is 7.59. The molecule has 2 aromatic rings. The molecule has 1 atom stereocenters. The van der Waals surface area contributed by atoms with Crippen molar-refractivity contribution in [3.63, 3.8) is 0 Å². The van der Waals surface area contributed by atoms with E-state index in [1.165, 1.54) is 18.2 Å². The van der Waals surface area contributed by atoms with E-state index in [0.717, 1.165) is 11.1 Å². The first kappa shape index (κ1) is 19.3. The minimum absolute atomic E-state index is 0.0768. The molecule has 1 saturated heterocycles. The highest BCUT2D eigenvalue weighted by Crippen LogP contribution is 2.43. The van der Waals surface area contributed by atoms with Gasteiger partial charge in [-0.3, -0.25) is 9.69 Å². The minimum atomic E-state index is -2.99. The molecule has 1 fully saturated rings. The molecule has 3 aliphatic heterocycles. The predicted octanol–water partition coefficient (Wildman–Crippen LogP) is 3.09. The van der Waals surface area contributed by atoms with Crippen LogP contribution < -0.4 is 9.47 Å². The minimum Gasteiger partial charge on any atom is -0.477 e. The van der Waals surface area contributed by atoms with Crippen molar-refractivity contribution < 1.29 is 27.1 Å². The Labute approximate surface area is 173 Å². The fourth-order valence-corrected chi connectivity index (χ4v) is 6.07. The molecule has 0 saturated carbocycles. The molecular formula is C22H20FNO5S. The third-order valence-electron chi connectivity index (χ3n) is 5.84. The van der Waals surface area contributed by atoms with Gasteiger partial charge >= 0.3 is 0 Å². The second-order valence-electron chi connectivity index (χ2n) is 7.94. The Hall–Kier alpha value is -2.71. The van der Waals surface area contributed by atoms with Gasteiger partial charge in [0.05, 0.1) is 17.1 Å². The van der Waals surface area contributed by atoms with Crippen molar-refractivity contribution in [2.45, 2.75) is 25.9 Å². The largest absolute Gasteiger partial charge is 0.477 e. The van der Waals surface area contributed by atoms with Crippen LogP contribution in [-0.2, 0) is 16.4 Å². The summed E-state index contributed by atoms with van der Waals surface area (Å²) in [6, 6.07) is 7.63. The molecule has 3 aliphatic rings. The number of halogens is 1. The summed E-state index contributed by atoms with van der Waals surface area (Å²) in [5.74, 6) is 0.953. The van der Waals surface area contributed by atoms with Crippen molar-refractivity contribution in [2.75, 3.05) is 18.2 Å². The smallest absolute Gasteiger partial charge is 0.231 e. The number of Topliss-reactive ketones (excluding diaryl/α,β-unsaturated/α-hetero) is 1. The SMILES string of the molecule is Cc1c2c(cc3c1OC(=Cc1cccc(F)c1)C3=O)CN(C1CCS(=O)(=O)C1)CO2. The molecule has 0 N–H and O–H groups in total. The number of fused-ring (bicyclic) bond motifs is 2. The molecular weight excluding hydrogens is 409 g/mol. The number of nitrogens with zero attached hydrogens (tertiary/aromatic N) is 1. The number of rotatable bonds is 2. The second kappa shape index (κ2) is 6.92. The van der Waals surface area contributed by atoms with Crippen molar-refractivity contribution in [1.29, 1.82) is 0 Å². The quantitative estimate of drug-likeness (QED) is 0.684. The van der Waals surface area contributed by atoms with Crippen LogP contribution in [0, 0.1) is 12.7 Å². The first-order valence-corrected chi connectivity index (χ1v) is 11.6. The summed E-state index contributed by atoms with van der Waals surface area (Å²) < 4.78 is 48.9. The van der Waals surface area contributed by atoms with Crippen LogP contribution in [0.25, 0.3) is 6.08 Å². The number of ether oxygens (including phenoxy) is 2. The maximum Gasteiger partial charge on any atom is 0.231 e. The first-order chi connectivity index (χ1) is 14.3. The molecule has 3 heterocycles. The molecule has 30 heavy (non-hydrogen) atoms. The molecule has 8 heteroatoms. The molecule has 2 aromatic carbocycles. The lowest BCUT2D eigenvalue weighted by molar-refractivity contribution is 0.0637. The summed E-state index contributed by atoms with van der Waals surface area (Å²) in [5, 5.41) is 0. The Bertz CT molecular complexity index is 1200. The highest BCUT2D eigenvalue weighted by Gasteiger charge is 2.37. The van der Waals surface area contributed by atoms with E-state index in [9.17, 15) is 17.6 Å². The van der Waals surface area contributed by atoms with Gasteiger partial charge in [0, 0.05) is 23.7 Å². The maximum atomic E-state index is 13.5. The molecule has 0 bridgehead atoms. The molecule has 6 nitrogen and oxygen atoms in total. The Balaban J connectivity index is 1.45. The number of ketones is 1. The lowest BCUT2D eigenvalue weighted by atomic mass is 9.99. The van der Waals surface area contributed by atoms with Crippen LogP contribution >= 0.6 is 0 Å². The number of carbonyl (C=O) groups is 1. The molecule has 0 spiro atoms. The van der Waals surface area contributed by atoms with Gasteiger partial charge in [-0.05, 0) is 43.2 Å². The van der Waals surface area contributed by atoms with Crippen molar-refractivity contribution in [3.8, 4) is 11.5 Å². The van der Waals surface area contributed by atoms with Crippen LogP contribution in [0.3, 0.4) is 0 Å². The Morgan fingerprint density at radius 1 is 1.23 bits per heavy atom. The maximum absolute atomic E-state index is 13.5. The fraction of sp³-hybridized carbons (Fsp3) is 0.318. The van der Waals surface area contributed by atoms with Crippen LogP contribution in [0.2, 0.25) is 0 Å². The van der Waals surface area contributed by atoms with Gasteiger partial charge in [0.1, 0.15) is 24.0 Å². The molecule has 5 rings (SSSR count). The van der Waals surface area contributed by atoms with Crippen LogP contribution in [0.15, 0.2) is 36.1 Å². The highest BCUT2D eigenvalue weighted by atomic mass is 32.2. The zero-order valence-corrected chi connectivity index (χ0v) is 17.2. The normalized spacial score (nSPS) is 23.7. The van der Waals surface area contributed by atoms with Gasteiger partial charge in [-0.2, -0.15) is 0 Å².